The van der Waals surface area contributed by atoms with Gasteiger partial charge in [-0.05, 0) is 12.8 Å². The quantitative estimate of drug-likeness (QED) is 0.485. The van der Waals surface area contributed by atoms with Gasteiger partial charge in [0.2, 0.25) is 0 Å². The second kappa shape index (κ2) is 9.53. The molecule has 0 saturated heterocycles. The normalized spacial score (nSPS) is 10.6. The van der Waals surface area contributed by atoms with Crippen molar-refractivity contribution in [1.29, 1.82) is 0 Å². The number of hydrogen-bond donors (Lipinski definition) is 2. The summed E-state index contributed by atoms with van der Waals surface area (Å²) < 4.78 is 1.37. The first kappa shape index (κ1) is 18.6. The summed E-state index contributed by atoms with van der Waals surface area (Å²) in [6.45, 7) is 1.22. The number of nitrogens with zero attached hydrogens (tertiary/aromatic N) is 2. The molecule has 0 spiro atoms. The molecule has 0 unspecified atom stereocenters. The Labute approximate surface area is 137 Å². The van der Waals surface area contributed by atoms with Crippen LogP contribution in [0.25, 0.3) is 0 Å². The Kier molecular flexibility index (Phi) is 8.05. The zero-order valence-electron chi connectivity index (χ0n) is 12.1. The molecule has 0 aliphatic carbocycles. The van der Waals surface area contributed by atoms with Gasteiger partial charge in [-0.25, -0.2) is 4.79 Å². The molecule has 1 aromatic rings. The van der Waals surface area contributed by atoms with E-state index in [9.17, 15) is 14.4 Å². The van der Waals surface area contributed by atoms with E-state index in [2.05, 4.69) is 4.98 Å². The predicted octanol–water partition coefficient (Wildman–Crippen LogP) is 1.08. The van der Waals surface area contributed by atoms with Crippen molar-refractivity contribution in [1.82, 2.24) is 9.55 Å². The summed E-state index contributed by atoms with van der Waals surface area (Å²) in [5, 5.41) is 8.59. The highest BCUT2D eigenvalue weighted by molar-refractivity contribution is 6.18. The topological polar surface area (TPSA) is 95.4 Å². The Balaban J connectivity index is 2.90. The molecule has 0 amide bonds. The highest BCUT2D eigenvalue weighted by Gasteiger charge is 2.12. The second-order valence-electron chi connectivity index (χ2n) is 4.68. The molecule has 7 nitrogen and oxygen atoms in total. The SMILES string of the molecule is O=C(O)CCCCn1cc(N(CCCl)CCCl)c(=O)[nH]c1=O. The molecule has 1 aromatic heterocycles. The van der Waals surface area contributed by atoms with Crippen LogP contribution in [0, 0.1) is 0 Å². The predicted molar refractivity (Wildman–Crippen MR) is 86.5 cm³/mol. The second-order valence-corrected chi connectivity index (χ2v) is 5.44. The van der Waals surface area contributed by atoms with E-state index >= 15 is 0 Å². The number of nitrogens with one attached hydrogen (secondary N) is 1. The summed E-state index contributed by atoms with van der Waals surface area (Å²) in [5.74, 6) is -0.216. The van der Waals surface area contributed by atoms with Gasteiger partial charge >= 0.3 is 11.7 Å². The number of unbranched alkanes of at least 4 members (excludes halogenated alkanes) is 1. The van der Waals surface area contributed by atoms with Crippen molar-refractivity contribution < 1.29 is 9.90 Å². The number of anilines is 1. The molecule has 0 saturated carbocycles. The average molecular weight is 352 g/mol. The van der Waals surface area contributed by atoms with Gasteiger partial charge in [0.15, 0.2) is 0 Å². The van der Waals surface area contributed by atoms with Crippen LogP contribution < -0.4 is 16.1 Å². The molecule has 0 aromatic carbocycles. The lowest BCUT2D eigenvalue weighted by molar-refractivity contribution is -0.137. The molecule has 0 aliphatic rings. The van der Waals surface area contributed by atoms with Crippen molar-refractivity contribution in [2.45, 2.75) is 25.8 Å². The van der Waals surface area contributed by atoms with Gasteiger partial charge in [-0.3, -0.25) is 19.1 Å². The van der Waals surface area contributed by atoms with Crippen LogP contribution in [0.1, 0.15) is 19.3 Å². The lowest BCUT2D eigenvalue weighted by Crippen LogP contribution is -2.38. The highest BCUT2D eigenvalue weighted by atomic mass is 35.5. The summed E-state index contributed by atoms with van der Waals surface area (Å²) in [6, 6.07) is 0. The zero-order valence-corrected chi connectivity index (χ0v) is 13.6. The molecule has 124 valence electrons. The number of aromatic amines is 1. The lowest BCUT2D eigenvalue weighted by Gasteiger charge is -2.22. The fraction of sp³-hybridized carbons (Fsp3) is 0.615. The third-order valence-electron chi connectivity index (χ3n) is 3.08. The van der Waals surface area contributed by atoms with Gasteiger partial charge in [0.25, 0.3) is 5.56 Å². The molecule has 2 N–H and O–H groups in total. The van der Waals surface area contributed by atoms with Gasteiger partial charge in [-0.2, -0.15) is 0 Å². The van der Waals surface area contributed by atoms with Crippen LogP contribution in [0.2, 0.25) is 0 Å². The third kappa shape index (κ3) is 5.73. The van der Waals surface area contributed by atoms with Crippen LogP contribution in [-0.2, 0) is 11.3 Å². The average Bonchev–Trinajstić information content (AvgIpc) is 2.45. The Bertz CT molecular complexity index is 594. The first-order valence-electron chi connectivity index (χ1n) is 6.92. The first-order chi connectivity index (χ1) is 10.5. The number of carbonyl (C=O) groups is 1. The van der Waals surface area contributed by atoms with E-state index in [0.29, 0.717) is 49.9 Å². The van der Waals surface area contributed by atoms with E-state index < -0.39 is 17.2 Å². The van der Waals surface area contributed by atoms with Crippen molar-refractivity contribution in [3.05, 3.63) is 27.0 Å². The number of H-pyrrole nitrogens is 1. The molecule has 0 aliphatic heterocycles. The van der Waals surface area contributed by atoms with Crippen LogP contribution in [0.15, 0.2) is 15.8 Å². The van der Waals surface area contributed by atoms with Gasteiger partial charge < -0.3 is 10.0 Å². The van der Waals surface area contributed by atoms with Gasteiger partial charge in [-0.15, -0.1) is 23.2 Å². The number of halogens is 2. The maximum atomic E-state index is 11.9. The minimum atomic E-state index is -0.870. The fourth-order valence-corrected chi connectivity index (χ4v) is 2.41. The molecular weight excluding hydrogens is 333 g/mol. The van der Waals surface area contributed by atoms with E-state index in [1.807, 2.05) is 0 Å². The molecular formula is C13H19Cl2N3O4. The number of rotatable bonds is 10. The van der Waals surface area contributed by atoms with Gasteiger partial charge in [0, 0.05) is 44.0 Å². The Hall–Kier alpha value is -1.47. The maximum absolute atomic E-state index is 11.9. The van der Waals surface area contributed by atoms with Crippen LogP contribution in [0.3, 0.4) is 0 Å². The Morgan fingerprint density at radius 2 is 1.86 bits per heavy atom. The summed E-state index contributed by atoms with van der Waals surface area (Å²) >= 11 is 11.4. The number of carboxylic acids is 1. The van der Waals surface area contributed by atoms with E-state index in [1.54, 1.807) is 4.90 Å². The Morgan fingerprint density at radius 3 is 2.41 bits per heavy atom. The number of carboxylic acid groups (broad SMARTS) is 1. The molecule has 0 atom stereocenters. The summed E-state index contributed by atoms with van der Waals surface area (Å²) in [6.07, 6.45) is 2.52. The number of alkyl halides is 2. The molecule has 0 fully saturated rings. The van der Waals surface area contributed by atoms with Gasteiger partial charge in [0.1, 0.15) is 5.69 Å². The molecule has 1 heterocycles. The molecule has 22 heavy (non-hydrogen) atoms. The minimum absolute atomic E-state index is 0.0512. The number of aliphatic carboxylic acids is 1. The minimum Gasteiger partial charge on any atom is -0.481 e. The molecule has 0 bridgehead atoms. The smallest absolute Gasteiger partial charge is 0.328 e. The largest absolute Gasteiger partial charge is 0.481 e. The van der Waals surface area contributed by atoms with E-state index in [4.69, 9.17) is 28.3 Å². The van der Waals surface area contributed by atoms with Crippen LogP contribution >= 0.6 is 23.2 Å². The van der Waals surface area contributed by atoms with Crippen molar-refractivity contribution in [3.8, 4) is 0 Å². The van der Waals surface area contributed by atoms with E-state index in [-0.39, 0.29) is 6.42 Å². The molecule has 0 radical (unpaired) electrons. The summed E-state index contributed by atoms with van der Waals surface area (Å²) in [4.78, 5) is 38.1. The third-order valence-corrected chi connectivity index (χ3v) is 3.42. The zero-order chi connectivity index (χ0) is 16.5. The van der Waals surface area contributed by atoms with Crippen LogP contribution in [0.4, 0.5) is 5.69 Å². The highest BCUT2D eigenvalue weighted by Crippen LogP contribution is 2.07. The standard InChI is InChI=1S/C13H19Cl2N3O4/c14-4-7-17(8-5-15)10-9-18(13(22)16-12(10)21)6-2-1-3-11(19)20/h9H,1-8H2,(H,19,20)(H,16,21,22). The molecule has 9 heteroatoms. The number of aromatic nitrogens is 2. The van der Waals surface area contributed by atoms with Crippen molar-refractivity contribution in [2.75, 3.05) is 29.7 Å². The first-order valence-corrected chi connectivity index (χ1v) is 7.99. The summed E-state index contributed by atoms with van der Waals surface area (Å²) in [7, 11) is 0. The maximum Gasteiger partial charge on any atom is 0.328 e. The van der Waals surface area contributed by atoms with Gasteiger partial charge in [-0.1, -0.05) is 0 Å². The van der Waals surface area contributed by atoms with E-state index in [0.717, 1.165) is 0 Å². The monoisotopic (exact) mass is 351 g/mol. The van der Waals surface area contributed by atoms with Gasteiger partial charge in [0.05, 0.1) is 0 Å². The van der Waals surface area contributed by atoms with E-state index in [1.165, 1.54) is 10.8 Å². The lowest BCUT2D eigenvalue weighted by atomic mass is 10.2. The molecule has 1 rings (SSSR count). The summed E-state index contributed by atoms with van der Waals surface area (Å²) in [5.41, 5.74) is -0.665. The number of hydrogen-bond acceptors (Lipinski definition) is 4. The van der Waals surface area contributed by atoms with Crippen LogP contribution in [-0.4, -0.2) is 45.5 Å². The van der Waals surface area contributed by atoms with Crippen molar-refractivity contribution in [3.63, 3.8) is 0 Å². The number of aryl methyl sites for hydroxylation is 1. The fourth-order valence-electron chi connectivity index (χ4n) is 2.00. The van der Waals surface area contributed by atoms with Crippen LogP contribution in [0.5, 0.6) is 0 Å². The van der Waals surface area contributed by atoms with Crippen molar-refractivity contribution in [2.24, 2.45) is 0 Å². The Morgan fingerprint density at radius 1 is 1.23 bits per heavy atom. The van der Waals surface area contributed by atoms with Crippen molar-refractivity contribution >= 4 is 34.9 Å².